The molecule has 1 aliphatic rings. The quantitative estimate of drug-likeness (QED) is 0.384. The van der Waals surface area contributed by atoms with E-state index in [2.05, 4.69) is 10.3 Å². The minimum absolute atomic E-state index is 0.0858. The van der Waals surface area contributed by atoms with Crippen LogP contribution in [0.1, 0.15) is 36.8 Å². The number of hydrogen-bond acceptors (Lipinski definition) is 3. The largest absolute Gasteiger partial charge is 0.416 e. The predicted molar refractivity (Wildman–Crippen MR) is 78.8 cm³/mol. The van der Waals surface area contributed by atoms with Gasteiger partial charge >= 0.3 is 6.18 Å². The number of nitrogens with two attached hydrogens (primary N) is 1. The van der Waals surface area contributed by atoms with Crippen molar-refractivity contribution in [3.63, 3.8) is 0 Å². The molecule has 126 valence electrons. The Hall–Kier alpha value is -2.32. The van der Waals surface area contributed by atoms with E-state index in [0.717, 1.165) is 37.8 Å². The standard InChI is InChI=1S/C14H17F3N4O2/c15-14(16,17)10-5-9(6-12(7-10)21(22)23)8-19-13(18)20-11-3-1-2-4-11/h5-7,11H,1-4,8H2,(H3,18,19,20). The van der Waals surface area contributed by atoms with Gasteiger partial charge in [-0.3, -0.25) is 10.1 Å². The van der Waals surface area contributed by atoms with Crippen LogP contribution in [0.2, 0.25) is 0 Å². The Morgan fingerprint density at radius 3 is 2.57 bits per heavy atom. The Bertz CT molecular complexity index is 611. The molecule has 1 fully saturated rings. The monoisotopic (exact) mass is 330 g/mol. The Kier molecular flexibility index (Phi) is 5.07. The second-order valence-electron chi connectivity index (χ2n) is 5.47. The lowest BCUT2D eigenvalue weighted by atomic mass is 10.1. The number of non-ortho nitro benzene ring substituents is 1. The van der Waals surface area contributed by atoms with Gasteiger partial charge in [-0.2, -0.15) is 13.2 Å². The van der Waals surface area contributed by atoms with E-state index >= 15 is 0 Å². The predicted octanol–water partition coefficient (Wildman–Crippen LogP) is 2.96. The smallest absolute Gasteiger partial charge is 0.370 e. The number of nitro benzene ring substituents is 1. The zero-order valence-corrected chi connectivity index (χ0v) is 12.3. The molecule has 23 heavy (non-hydrogen) atoms. The van der Waals surface area contributed by atoms with Crippen LogP contribution in [0, 0.1) is 10.1 Å². The van der Waals surface area contributed by atoms with Crippen LogP contribution in [0.25, 0.3) is 0 Å². The summed E-state index contributed by atoms with van der Waals surface area (Å²) in [5.41, 5.74) is 4.10. The number of rotatable bonds is 4. The van der Waals surface area contributed by atoms with Gasteiger partial charge in [0.05, 0.1) is 17.0 Å². The van der Waals surface area contributed by atoms with Crippen molar-refractivity contribution in [2.45, 2.75) is 44.4 Å². The molecule has 3 N–H and O–H groups in total. The highest BCUT2D eigenvalue weighted by Crippen LogP contribution is 2.32. The molecule has 0 aromatic heterocycles. The minimum Gasteiger partial charge on any atom is -0.370 e. The highest BCUT2D eigenvalue weighted by atomic mass is 19.4. The molecule has 6 nitrogen and oxygen atoms in total. The van der Waals surface area contributed by atoms with Gasteiger partial charge in [-0.1, -0.05) is 12.8 Å². The average Bonchev–Trinajstić information content (AvgIpc) is 2.96. The van der Waals surface area contributed by atoms with Crippen molar-refractivity contribution < 1.29 is 18.1 Å². The number of nitrogens with one attached hydrogen (secondary N) is 1. The Morgan fingerprint density at radius 2 is 2.00 bits per heavy atom. The minimum atomic E-state index is -4.65. The lowest BCUT2D eigenvalue weighted by Crippen LogP contribution is -2.38. The number of nitro groups is 1. The first kappa shape index (κ1) is 17.0. The van der Waals surface area contributed by atoms with Crippen LogP contribution in [-0.4, -0.2) is 16.9 Å². The number of aliphatic imine (C=N–C) groups is 1. The van der Waals surface area contributed by atoms with E-state index in [0.29, 0.717) is 6.07 Å². The van der Waals surface area contributed by atoms with Crippen molar-refractivity contribution >= 4 is 11.6 Å². The maximum Gasteiger partial charge on any atom is 0.416 e. The van der Waals surface area contributed by atoms with Crippen LogP contribution in [-0.2, 0) is 12.7 Å². The molecule has 0 spiro atoms. The van der Waals surface area contributed by atoms with Crippen molar-refractivity contribution in [2.24, 2.45) is 10.7 Å². The van der Waals surface area contributed by atoms with Crippen molar-refractivity contribution in [1.29, 1.82) is 0 Å². The Balaban J connectivity index is 2.14. The number of alkyl halides is 3. The molecule has 9 heteroatoms. The average molecular weight is 330 g/mol. The van der Waals surface area contributed by atoms with Gasteiger partial charge in [0.2, 0.25) is 0 Å². The summed E-state index contributed by atoms with van der Waals surface area (Å²) in [6, 6.07) is 2.66. The van der Waals surface area contributed by atoms with Gasteiger partial charge in [0.25, 0.3) is 5.69 Å². The summed E-state index contributed by atoms with van der Waals surface area (Å²) in [6.45, 7) is -0.156. The van der Waals surface area contributed by atoms with E-state index in [1.54, 1.807) is 0 Å². The van der Waals surface area contributed by atoms with E-state index in [4.69, 9.17) is 5.73 Å². The van der Waals surface area contributed by atoms with Crippen LogP contribution in [0.3, 0.4) is 0 Å². The molecule has 0 saturated heterocycles. The van der Waals surface area contributed by atoms with E-state index in [-0.39, 0.29) is 24.1 Å². The normalized spacial score (nSPS) is 16.6. The molecule has 0 unspecified atom stereocenters. The fourth-order valence-electron chi connectivity index (χ4n) is 2.54. The van der Waals surface area contributed by atoms with Crippen LogP contribution >= 0.6 is 0 Å². The number of benzene rings is 1. The molecule has 1 aromatic rings. The molecule has 0 radical (unpaired) electrons. The van der Waals surface area contributed by atoms with Crippen LogP contribution in [0.15, 0.2) is 23.2 Å². The molecule has 0 aliphatic heterocycles. The van der Waals surface area contributed by atoms with Crippen LogP contribution in [0.4, 0.5) is 18.9 Å². The second-order valence-corrected chi connectivity index (χ2v) is 5.47. The van der Waals surface area contributed by atoms with Crippen LogP contribution < -0.4 is 11.1 Å². The summed E-state index contributed by atoms with van der Waals surface area (Å²) in [7, 11) is 0. The first-order chi connectivity index (χ1) is 10.8. The van der Waals surface area contributed by atoms with Gasteiger partial charge < -0.3 is 11.1 Å². The zero-order valence-electron chi connectivity index (χ0n) is 12.3. The lowest BCUT2D eigenvalue weighted by molar-refractivity contribution is -0.385. The molecule has 0 heterocycles. The van der Waals surface area contributed by atoms with Crippen molar-refractivity contribution in [2.75, 3.05) is 0 Å². The summed E-state index contributed by atoms with van der Waals surface area (Å²) in [4.78, 5) is 13.9. The Morgan fingerprint density at radius 1 is 1.35 bits per heavy atom. The first-order valence-electron chi connectivity index (χ1n) is 7.17. The summed E-state index contributed by atoms with van der Waals surface area (Å²) in [5.74, 6) is 0.136. The third-order valence-electron chi connectivity index (χ3n) is 3.65. The molecule has 0 amide bonds. The van der Waals surface area contributed by atoms with Gasteiger partial charge in [-0.05, 0) is 24.5 Å². The van der Waals surface area contributed by atoms with E-state index in [1.165, 1.54) is 0 Å². The van der Waals surface area contributed by atoms with E-state index < -0.39 is 22.4 Å². The van der Waals surface area contributed by atoms with Crippen molar-refractivity contribution in [1.82, 2.24) is 5.32 Å². The Labute approximate surface area is 130 Å². The summed E-state index contributed by atoms with van der Waals surface area (Å²) in [5, 5.41) is 13.8. The number of nitrogens with zero attached hydrogens (tertiary/aromatic N) is 2. The topological polar surface area (TPSA) is 93.5 Å². The van der Waals surface area contributed by atoms with Crippen molar-refractivity contribution in [3.8, 4) is 0 Å². The second kappa shape index (κ2) is 6.84. The number of hydrogen-bond donors (Lipinski definition) is 2. The lowest BCUT2D eigenvalue weighted by Gasteiger charge is -2.12. The molecular weight excluding hydrogens is 313 g/mol. The molecule has 0 atom stereocenters. The maximum atomic E-state index is 12.8. The molecule has 1 aliphatic carbocycles. The van der Waals surface area contributed by atoms with Gasteiger partial charge in [-0.15, -0.1) is 0 Å². The van der Waals surface area contributed by atoms with Gasteiger partial charge in [0.1, 0.15) is 0 Å². The van der Waals surface area contributed by atoms with Gasteiger partial charge in [0.15, 0.2) is 5.96 Å². The van der Waals surface area contributed by atoms with Gasteiger partial charge in [-0.25, -0.2) is 4.99 Å². The molecule has 1 saturated carbocycles. The SMILES string of the molecule is NC(=NCc1cc([N+](=O)[O-])cc(C(F)(F)F)c1)NC1CCCC1. The third kappa shape index (κ3) is 4.83. The van der Waals surface area contributed by atoms with Crippen molar-refractivity contribution in [3.05, 3.63) is 39.4 Å². The van der Waals surface area contributed by atoms with E-state index in [9.17, 15) is 23.3 Å². The molecular formula is C14H17F3N4O2. The van der Waals surface area contributed by atoms with Gasteiger partial charge in [0, 0.05) is 18.2 Å². The fourth-order valence-corrected chi connectivity index (χ4v) is 2.54. The molecule has 2 rings (SSSR count). The maximum absolute atomic E-state index is 12.8. The highest BCUT2D eigenvalue weighted by Gasteiger charge is 2.32. The first-order valence-corrected chi connectivity index (χ1v) is 7.17. The summed E-state index contributed by atoms with van der Waals surface area (Å²) < 4.78 is 38.4. The molecule has 0 bridgehead atoms. The molecule has 1 aromatic carbocycles. The van der Waals surface area contributed by atoms with E-state index in [1.807, 2.05) is 0 Å². The highest BCUT2D eigenvalue weighted by molar-refractivity contribution is 5.78. The number of halogens is 3. The van der Waals surface area contributed by atoms with Crippen LogP contribution in [0.5, 0.6) is 0 Å². The third-order valence-corrected chi connectivity index (χ3v) is 3.65. The summed E-state index contributed by atoms with van der Waals surface area (Å²) >= 11 is 0. The number of guanidine groups is 1. The zero-order chi connectivity index (χ0) is 17.0. The fraction of sp³-hybridized carbons (Fsp3) is 0.500. The summed E-state index contributed by atoms with van der Waals surface area (Å²) in [6.07, 6.45) is -0.496.